The fourth-order valence-corrected chi connectivity index (χ4v) is 9.03. The standard InChI is InChI=1S/3C8H16.C6H19N3Si.3CH3.La/c3*1-7(2)8-5-3-4-6-8;1-7(2)10(8(3)4)9(5)6;;;;/h3*7-8H,3-6H2,1-2H3;10H,1-6H3;3*1H3;/q;;;;3*-1;+3. The summed E-state index contributed by atoms with van der Waals surface area (Å²) in [4.78, 5) is 0. The van der Waals surface area contributed by atoms with Crippen LogP contribution in [0.4, 0.5) is 0 Å². The zero-order chi connectivity index (χ0) is 26.3. The largest absolute Gasteiger partial charge is 3.00 e. The van der Waals surface area contributed by atoms with Gasteiger partial charge in [-0.2, -0.15) is 0 Å². The van der Waals surface area contributed by atoms with E-state index in [1.807, 2.05) is 0 Å². The second kappa shape index (κ2) is 28.4. The van der Waals surface area contributed by atoms with Crippen LogP contribution >= 0.6 is 0 Å². The van der Waals surface area contributed by atoms with Gasteiger partial charge in [-0.15, -0.1) is 0 Å². The maximum atomic E-state index is 2.34. The van der Waals surface area contributed by atoms with Crippen molar-refractivity contribution < 1.29 is 35.6 Å². The molecule has 0 unspecified atom stereocenters. The van der Waals surface area contributed by atoms with Gasteiger partial charge in [0.05, 0.1) is 0 Å². The SMILES string of the molecule is CC(C)C1CCCC1.CC(C)C1CCCC1.CC(C)C1CCCC1.CN(C)[SiH](N(C)C)N(C)C.[CH3-].[CH3-].[CH3-].[La+3]. The molecular formula is C33H76LaN3Si. The molecule has 0 amide bonds. The number of hydrogen-bond donors (Lipinski definition) is 0. The fourth-order valence-electron chi connectivity index (χ4n) is 6.26. The molecule has 3 nitrogen and oxygen atoms in total. The van der Waals surface area contributed by atoms with Crippen LogP contribution in [0.15, 0.2) is 0 Å². The minimum atomic E-state index is -0.954. The molecule has 0 aromatic heterocycles. The molecule has 3 saturated carbocycles. The van der Waals surface area contributed by atoms with Crippen molar-refractivity contribution in [2.75, 3.05) is 42.3 Å². The second-order valence-corrected chi connectivity index (χ2v) is 16.9. The van der Waals surface area contributed by atoms with E-state index in [1.54, 1.807) is 0 Å². The van der Waals surface area contributed by atoms with Crippen LogP contribution in [0.5, 0.6) is 0 Å². The van der Waals surface area contributed by atoms with E-state index in [-0.39, 0.29) is 57.9 Å². The molecule has 0 radical (unpaired) electrons. The van der Waals surface area contributed by atoms with Gasteiger partial charge in [-0.05, 0) is 77.8 Å². The van der Waals surface area contributed by atoms with E-state index in [0.717, 1.165) is 35.5 Å². The van der Waals surface area contributed by atoms with Gasteiger partial charge < -0.3 is 36.0 Å². The average molecular weight is 682 g/mol. The van der Waals surface area contributed by atoms with Crippen LogP contribution in [0.3, 0.4) is 0 Å². The normalized spacial score (nSPS) is 17.8. The molecule has 3 aliphatic carbocycles. The third kappa shape index (κ3) is 22.9. The summed E-state index contributed by atoms with van der Waals surface area (Å²) in [5.74, 6) is 6.02. The second-order valence-electron chi connectivity index (χ2n) is 13.1. The van der Waals surface area contributed by atoms with Crippen LogP contribution in [-0.2, 0) is 0 Å². The van der Waals surface area contributed by atoms with Gasteiger partial charge in [0.2, 0.25) is 0 Å². The molecule has 3 rings (SSSR count). The van der Waals surface area contributed by atoms with Crippen molar-refractivity contribution in [1.82, 2.24) is 13.7 Å². The van der Waals surface area contributed by atoms with Gasteiger partial charge in [0, 0.05) is 0 Å². The quantitative estimate of drug-likeness (QED) is 0.205. The Morgan fingerprint density at radius 3 is 0.632 bits per heavy atom. The minimum Gasteiger partial charge on any atom is -0.358 e. The van der Waals surface area contributed by atoms with Gasteiger partial charge in [0.25, 0.3) is 9.28 Å². The summed E-state index contributed by atoms with van der Waals surface area (Å²) in [6.45, 7) is 14.1. The van der Waals surface area contributed by atoms with Crippen molar-refractivity contribution in [3.8, 4) is 0 Å². The molecule has 0 heterocycles. The Labute approximate surface area is 275 Å². The molecule has 3 aliphatic rings. The van der Waals surface area contributed by atoms with Gasteiger partial charge in [-0.3, -0.25) is 0 Å². The first-order chi connectivity index (χ1) is 15.9. The molecule has 0 spiro atoms. The van der Waals surface area contributed by atoms with Crippen LogP contribution in [0.25, 0.3) is 0 Å². The fraction of sp³-hybridized carbons (Fsp3) is 0.909. The first-order valence-corrected chi connectivity index (χ1v) is 16.4. The van der Waals surface area contributed by atoms with Crippen molar-refractivity contribution in [2.24, 2.45) is 35.5 Å². The number of hydrogen-bond acceptors (Lipinski definition) is 3. The Hall–Kier alpha value is 1.29. The molecule has 0 saturated heterocycles. The molecule has 0 bridgehead atoms. The Bertz CT molecular complexity index is 385. The predicted molar refractivity (Wildman–Crippen MR) is 178 cm³/mol. The summed E-state index contributed by atoms with van der Waals surface area (Å²) in [6.07, 6.45) is 17.9. The Balaban J connectivity index is -0.000000123. The van der Waals surface area contributed by atoms with Crippen molar-refractivity contribution in [3.63, 3.8) is 0 Å². The molecule has 0 aliphatic heterocycles. The molecular weight excluding hydrogens is 605 g/mol. The van der Waals surface area contributed by atoms with E-state index >= 15 is 0 Å². The van der Waals surface area contributed by atoms with E-state index in [4.69, 9.17) is 0 Å². The maximum absolute atomic E-state index is 2.34. The molecule has 0 atom stereocenters. The van der Waals surface area contributed by atoms with Crippen LogP contribution in [0.2, 0.25) is 0 Å². The smallest absolute Gasteiger partial charge is 0.358 e. The van der Waals surface area contributed by atoms with Crippen molar-refractivity contribution >= 4 is 9.28 Å². The summed E-state index contributed by atoms with van der Waals surface area (Å²) in [5.41, 5.74) is 0. The van der Waals surface area contributed by atoms with Gasteiger partial charge >= 0.3 is 35.6 Å². The molecule has 0 aromatic carbocycles. The van der Waals surface area contributed by atoms with Crippen molar-refractivity contribution in [1.29, 1.82) is 0 Å². The van der Waals surface area contributed by atoms with Crippen LogP contribution in [-0.4, -0.2) is 65.3 Å². The molecule has 0 N–H and O–H groups in total. The van der Waals surface area contributed by atoms with E-state index in [9.17, 15) is 0 Å². The summed E-state index contributed by atoms with van der Waals surface area (Å²) in [6, 6.07) is 0. The summed E-state index contributed by atoms with van der Waals surface area (Å²) in [7, 11) is 11.9. The predicted octanol–water partition coefficient (Wildman–Crippen LogP) is 9.24. The van der Waals surface area contributed by atoms with Crippen molar-refractivity contribution in [2.45, 2.75) is 119 Å². The molecule has 38 heavy (non-hydrogen) atoms. The summed E-state index contributed by atoms with van der Waals surface area (Å²) in [5, 5.41) is 0. The van der Waals surface area contributed by atoms with Gasteiger partial charge in [-0.1, -0.05) is 119 Å². The van der Waals surface area contributed by atoms with Gasteiger partial charge in [0.15, 0.2) is 0 Å². The Kier molecular flexibility index (Phi) is 36.6. The van der Waals surface area contributed by atoms with Gasteiger partial charge in [0.1, 0.15) is 0 Å². The first kappa shape index (κ1) is 49.0. The Morgan fingerprint density at radius 1 is 0.421 bits per heavy atom. The number of nitrogens with zero attached hydrogens (tertiary/aromatic N) is 3. The van der Waals surface area contributed by atoms with Crippen LogP contribution < -0.4 is 0 Å². The average Bonchev–Trinajstić information content (AvgIpc) is 3.52. The van der Waals surface area contributed by atoms with Gasteiger partial charge in [-0.25, -0.2) is 0 Å². The van der Waals surface area contributed by atoms with E-state index in [1.165, 1.54) is 77.0 Å². The third-order valence-electron chi connectivity index (χ3n) is 8.41. The summed E-state index contributed by atoms with van der Waals surface area (Å²) >= 11 is 0. The first-order valence-electron chi connectivity index (χ1n) is 14.9. The zero-order valence-electron chi connectivity index (χ0n) is 29.4. The maximum Gasteiger partial charge on any atom is 3.00 e. The Morgan fingerprint density at radius 2 is 0.579 bits per heavy atom. The van der Waals surface area contributed by atoms with E-state index < -0.39 is 9.28 Å². The molecule has 0 aromatic rings. The minimum absolute atomic E-state index is 0. The van der Waals surface area contributed by atoms with E-state index in [2.05, 4.69) is 97.5 Å². The molecule has 230 valence electrons. The van der Waals surface area contributed by atoms with Crippen molar-refractivity contribution in [3.05, 3.63) is 22.3 Å². The topological polar surface area (TPSA) is 9.72 Å². The summed E-state index contributed by atoms with van der Waals surface area (Å²) < 4.78 is 6.92. The monoisotopic (exact) mass is 681 g/mol. The van der Waals surface area contributed by atoms with Crippen LogP contribution in [0, 0.1) is 93.4 Å². The number of rotatable bonds is 6. The molecule has 3 fully saturated rings. The zero-order valence-corrected chi connectivity index (χ0v) is 34.2. The van der Waals surface area contributed by atoms with Crippen LogP contribution in [0.1, 0.15) is 119 Å². The third-order valence-corrected chi connectivity index (χ3v) is 11.2. The molecule has 5 heteroatoms. The van der Waals surface area contributed by atoms with E-state index in [0.29, 0.717) is 0 Å².